The van der Waals surface area contributed by atoms with Gasteiger partial charge in [0.05, 0.1) is 6.61 Å². The van der Waals surface area contributed by atoms with Crippen LogP contribution in [-0.2, 0) is 4.79 Å². The van der Waals surface area contributed by atoms with Gasteiger partial charge in [0.1, 0.15) is 5.75 Å². The molecule has 2 rings (SSSR count). The zero-order valence-electron chi connectivity index (χ0n) is 11.1. The van der Waals surface area contributed by atoms with Gasteiger partial charge in [0.15, 0.2) is 0 Å². The van der Waals surface area contributed by atoms with Gasteiger partial charge in [-0.15, -0.1) is 0 Å². The molecule has 0 aliphatic rings. The third-order valence-electron chi connectivity index (χ3n) is 3.26. The summed E-state index contributed by atoms with van der Waals surface area (Å²) in [6.07, 6.45) is 1.60. The molecule has 1 amide bonds. The van der Waals surface area contributed by atoms with Gasteiger partial charge in [0.25, 0.3) is 0 Å². The molecule has 0 spiro atoms. The summed E-state index contributed by atoms with van der Waals surface area (Å²) in [5, 5.41) is 2.38. The Labute approximate surface area is 113 Å². The van der Waals surface area contributed by atoms with Crippen LogP contribution >= 0.6 is 0 Å². The second kappa shape index (κ2) is 6.23. The van der Waals surface area contributed by atoms with Crippen LogP contribution in [0.4, 0.5) is 0 Å². The fourth-order valence-corrected chi connectivity index (χ4v) is 1.98. The number of rotatable bonds is 6. The Balaban J connectivity index is 1.86. The first-order valence-electron chi connectivity index (χ1n) is 6.58. The summed E-state index contributed by atoms with van der Waals surface area (Å²) >= 11 is 0. The molecule has 0 fully saturated rings. The molecule has 2 N–H and O–H groups in total. The zero-order valence-corrected chi connectivity index (χ0v) is 11.1. The van der Waals surface area contributed by atoms with Crippen LogP contribution in [0, 0.1) is 5.92 Å². The van der Waals surface area contributed by atoms with Gasteiger partial charge in [-0.1, -0.05) is 37.3 Å². The van der Waals surface area contributed by atoms with E-state index in [0.717, 1.165) is 18.6 Å². The number of benzene rings is 2. The summed E-state index contributed by atoms with van der Waals surface area (Å²) in [5.41, 5.74) is 5.21. The van der Waals surface area contributed by atoms with E-state index >= 15 is 0 Å². The minimum atomic E-state index is -0.245. The number of hydrogen-bond acceptors (Lipinski definition) is 2. The number of carbonyl (C=O) groups is 1. The van der Waals surface area contributed by atoms with Crippen molar-refractivity contribution < 1.29 is 9.53 Å². The summed E-state index contributed by atoms with van der Waals surface area (Å²) in [4.78, 5) is 10.9. The van der Waals surface area contributed by atoms with Crippen molar-refractivity contribution >= 4 is 16.7 Å². The van der Waals surface area contributed by atoms with Gasteiger partial charge in [-0.05, 0) is 35.7 Å². The highest BCUT2D eigenvalue weighted by molar-refractivity contribution is 5.83. The molecule has 3 nitrogen and oxygen atoms in total. The van der Waals surface area contributed by atoms with Crippen molar-refractivity contribution in [3.05, 3.63) is 42.5 Å². The van der Waals surface area contributed by atoms with Crippen molar-refractivity contribution in [3.63, 3.8) is 0 Å². The van der Waals surface area contributed by atoms with Crippen LogP contribution in [-0.4, -0.2) is 12.5 Å². The van der Waals surface area contributed by atoms with Crippen LogP contribution in [0.1, 0.15) is 19.8 Å². The number of ether oxygens (including phenoxy) is 1. The maximum atomic E-state index is 10.9. The summed E-state index contributed by atoms with van der Waals surface area (Å²) in [7, 11) is 0. The predicted molar refractivity (Wildman–Crippen MR) is 77.0 cm³/mol. The normalized spacial score (nSPS) is 12.3. The lowest BCUT2D eigenvalue weighted by molar-refractivity contribution is -0.121. The molecule has 3 heteroatoms. The van der Waals surface area contributed by atoms with Crippen LogP contribution in [0.15, 0.2) is 42.5 Å². The number of amides is 1. The van der Waals surface area contributed by atoms with Crippen molar-refractivity contribution in [2.75, 3.05) is 6.61 Å². The molecule has 19 heavy (non-hydrogen) atoms. The minimum absolute atomic E-state index is 0.0831. The van der Waals surface area contributed by atoms with E-state index in [1.807, 2.05) is 31.2 Å². The molecule has 1 unspecified atom stereocenters. The van der Waals surface area contributed by atoms with Crippen LogP contribution < -0.4 is 10.5 Å². The smallest absolute Gasteiger partial charge is 0.220 e. The van der Waals surface area contributed by atoms with E-state index in [1.54, 1.807) is 0 Å². The quantitative estimate of drug-likeness (QED) is 0.808. The molecule has 0 aliphatic carbocycles. The molecule has 0 aliphatic heterocycles. The third-order valence-corrected chi connectivity index (χ3v) is 3.26. The highest BCUT2D eigenvalue weighted by Crippen LogP contribution is 2.20. The molecule has 100 valence electrons. The molecule has 2 aromatic rings. The molecular weight excluding hydrogens is 238 g/mol. The van der Waals surface area contributed by atoms with E-state index in [1.165, 1.54) is 10.8 Å². The summed E-state index contributed by atoms with van der Waals surface area (Å²) in [6.45, 7) is 2.45. The van der Waals surface area contributed by atoms with Crippen LogP contribution in [0.25, 0.3) is 10.8 Å². The van der Waals surface area contributed by atoms with Gasteiger partial charge in [-0.25, -0.2) is 0 Å². The number of nitrogens with two attached hydrogens (primary N) is 1. The lowest BCUT2D eigenvalue weighted by atomic mass is 10.1. The largest absolute Gasteiger partial charge is 0.494 e. The first-order valence-corrected chi connectivity index (χ1v) is 6.58. The molecular formula is C16H19NO2. The van der Waals surface area contributed by atoms with Gasteiger partial charge in [0.2, 0.25) is 5.91 Å². The van der Waals surface area contributed by atoms with Gasteiger partial charge in [-0.3, -0.25) is 4.79 Å². The molecule has 0 saturated carbocycles. The molecule has 0 saturated heterocycles. The highest BCUT2D eigenvalue weighted by Gasteiger charge is 2.07. The topological polar surface area (TPSA) is 52.3 Å². The molecule has 0 radical (unpaired) electrons. The molecule has 0 bridgehead atoms. The van der Waals surface area contributed by atoms with E-state index in [2.05, 4.69) is 18.2 Å². The van der Waals surface area contributed by atoms with Crippen molar-refractivity contribution in [1.82, 2.24) is 0 Å². The fraction of sp³-hybridized carbons (Fsp3) is 0.312. The number of carbonyl (C=O) groups excluding carboxylic acids is 1. The lowest BCUT2D eigenvalue weighted by Crippen LogP contribution is -2.20. The molecule has 0 heterocycles. The Morgan fingerprint density at radius 3 is 2.68 bits per heavy atom. The van der Waals surface area contributed by atoms with Crippen LogP contribution in [0.5, 0.6) is 5.75 Å². The highest BCUT2D eigenvalue weighted by atomic mass is 16.5. The minimum Gasteiger partial charge on any atom is -0.494 e. The Hall–Kier alpha value is -2.03. The Kier molecular flexibility index (Phi) is 4.39. The van der Waals surface area contributed by atoms with Crippen molar-refractivity contribution in [2.45, 2.75) is 19.8 Å². The first-order chi connectivity index (χ1) is 9.16. The van der Waals surface area contributed by atoms with E-state index in [9.17, 15) is 4.79 Å². The fourth-order valence-electron chi connectivity index (χ4n) is 1.98. The zero-order chi connectivity index (χ0) is 13.7. The van der Waals surface area contributed by atoms with Crippen molar-refractivity contribution in [3.8, 4) is 5.75 Å². The Morgan fingerprint density at radius 1 is 1.21 bits per heavy atom. The maximum absolute atomic E-state index is 10.9. The SMILES string of the molecule is CC(CCCOc1ccc2ccccc2c1)C(N)=O. The Bertz CT molecular complexity index is 565. The summed E-state index contributed by atoms with van der Waals surface area (Å²) in [6, 6.07) is 14.2. The number of fused-ring (bicyclic) bond motifs is 1. The first kappa shape index (κ1) is 13.4. The second-order valence-electron chi connectivity index (χ2n) is 4.80. The van der Waals surface area contributed by atoms with E-state index in [4.69, 9.17) is 10.5 Å². The predicted octanol–water partition coefficient (Wildman–Crippen LogP) is 3.12. The van der Waals surface area contributed by atoms with E-state index in [0.29, 0.717) is 6.61 Å². The maximum Gasteiger partial charge on any atom is 0.220 e. The van der Waals surface area contributed by atoms with Gasteiger partial charge >= 0.3 is 0 Å². The second-order valence-corrected chi connectivity index (χ2v) is 4.80. The third kappa shape index (κ3) is 3.71. The van der Waals surface area contributed by atoms with E-state index in [-0.39, 0.29) is 11.8 Å². The standard InChI is InChI=1S/C16H19NO2/c1-12(16(17)18)5-4-10-19-15-9-8-13-6-2-3-7-14(13)11-15/h2-3,6-9,11-12H,4-5,10H2,1H3,(H2,17,18). The average molecular weight is 257 g/mol. The Morgan fingerprint density at radius 2 is 1.95 bits per heavy atom. The number of primary amides is 1. The molecule has 0 aromatic heterocycles. The summed E-state index contributed by atoms with van der Waals surface area (Å²) < 4.78 is 5.69. The van der Waals surface area contributed by atoms with Crippen LogP contribution in [0.3, 0.4) is 0 Å². The summed E-state index contributed by atoms with van der Waals surface area (Å²) in [5.74, 6) is 0.538. The number of hydrogen-bond donors (Lipinski definition) is 1. The van der Waals surface area contributed by atoms with Crippen LogP contribution in [0.2, 0.25) is 0 Å². The van der Waals surface area contributed by atoms with Gasteiger partial charge < -0.3 is 10.5 Å². The van der Waals surface area contributed by atoms with Crippen molar-refractivity contribution in [1.29, 1.82) is 0 Å². The monoisotopic (exact) mass is 257 g/mol. The van der Waals surface area contributed by atoms with Gasteiger partial charge in [-0.2, -0.15) is 0 Å². The van der Waals surface area contributed by atoms with E-state index < -0.39 is 0 Å². The molecule has 1 atom stereocenters. The van der Waals surface area contributed by atoms with Crippen molar-refractivity contribution in [2.24, 2.45) is 11.7 Å². The average Bonchev–Trinajstić information content (AvgIpc) is 2.43. The van der Waals surface area contributed by atoms with Gasteiger partial charge in [0, 0.05) is 5.92 Å². The molecule has 2 aromatic carbocycles. The lowest BCUT2D eigenvalue weighted by Gasteiger charge is -2.09.